The van der Waals surface area contributed by atoms with E-state index in [1.54, 1.807) is 0 Å². The molecule has 1 N–H and O–H groups in total. The number of pyridine rings is 1. The average molecular weight is 205 g/mol. The van der Waals surface area contributed by atoms with Crippen LogP contribution in [0.3, 0.4) is 0 Å². The number of nitrogens with one attached hydrogen (secondary N) is 1. The summed E-state index contributed by atoms with van der Waals surface area (Å²) in [5, 5.41) is 3.56. The van der Waals surface area contributed by atoms with E-state index in [0.717, 1.165) is 19.6 Å². The largest absolute Gasteiger partial charge is 0.368 e. The Morgan fingerprint density at radius 2 is 2.33 bits per heavy atom. The van der Waals surface area contributed by atoms with Crippen molar-refractivity contribution in [2.75, 3.05) is 24.5 Å². The highest BCUT2D eigenvalue weighted by Crippen LogP contribution is 2.18. The Bertz CT molecular complexity index is 308. The Hall–Kier alpha value is -1.09. The molecule has 0 spiro atoms. The molecule has 1 saturated heterocycles. The Labute approximate surface area is 91.5 Å². The molecule has 3 heteroatoms. The summed E-state index contributed by atoms with van der Waals surface area (Å²) >= 11 is 0. The lowest BCUT2D eigenvalue weighted by Crippen LogP contribution is -2.46. The van der Waals surface area contributed by atoms with Crippen LogP contribution in [0.2, 0.25) is 0 Å². The van der Waals surface area contributed by atoms with Crippen molar-refractivity contribution in [3.05, 3.63) is 24.5 Å². The molecule has 1 aromatic heterocycles. The minimum Gasteiger partial charge on any atom is -0.368 e. The smallest absolute Gasteiger partial charge is 0.0553 e. The van der Waals surface area contributed by atoms with Gasteiger partial charge in [0.05, 0.1) is 11.9 Å². The van der Waals surface area contributed by atoms with E-state index in [9.17, 15) is 0 Å². The van der Waals surface area contributed by atoms with Gasteiger partial charge in [0.2, 0.25) is 0 Å². The number of aromatic nitrogens is 1. The highest BCUT2D eigenvalue weighted by Gasteiger charge is 2.23. The van der Waals surface area contributed by atoms with Crippen LogP contribution in [0.5, 0.6) is 0 Å². The molecule has 0 unspecified atom stereocenters. The van der Waals surface area contributed by atoms with Gasteiger partial charge in [-0.2, -0.15) is 0 Å². The molecule has 2 heterocycles. The predicted molar refractivity (Wildman–Crippen MR) is 63.1 cm³/mol. The van der Waals surface area contributed by atoms with Crippen molar-refractivity contribution in [1.82, 2.24) is 10.3 Å². The van der Waals surface area contributed by atoms with E-state index in [1.165, 1.54) is 12.1 Å². The van der Waals surface area contributed by atoms with Crippen molar-refractivity contribution in [2.45, 2.75) is 25.8 Å². The van der Waals surface area contributed by atoms with Crippen LogP contribution >= 0.6 is 0 Å². The fourth-order valence-electron chi connectivity index (χ4n) is 2.07. The zero-order chi connectivity index (χ0) is 10.7. The third-order valence-corrected chi connectivity index (χ3v) is 2.81. The third kappa shape index (κ3) is 2.69. The molecule has 2 rings (SSSR count). The third-order valence-electron chi connectivity index (χ3n) is 2.81. The fraction of sp³-hybridized carbons (Fsp3) is 0.583. The molecule has 82 valence electrons. The highest BCUT2D eigenvalue weighted by molar-refractivity contribution is 5.44. The topological polar surface area (TPSA) is 28.2 Å². The molecule has 1 aliphatic rings. The van der Waals surface area contributed by atoms with Gasteiger partial charge in [0.1, 0.15) is 0 Å². The van der Waals surface area contributed by atoms with Crippen LogP contribution in [0.25, 0.3) is 0 Å². The molecule has 3 nitrogen and oxygen atoms in total. The van der Waals surface area contributed by atoms with E-state index in [2.05, 4.69) is 35.1 Å². The van der Waals surface area contributed by atoms with Crippen LogP contribution < -0.4 is 10.2 Å². The SMILES string of the molecule is CC1(C)CN(c2cccnc2)CCCN1. The van der Waals surface area contributed by atoms with E-state index < -0.39 is 0 Å². The summed E-state index contributed by atoms with van der Waals surface area (Å²) in [6.45, 7) is 7.76. The molecular weight excluding hydrogens is 186 g/mol. The molecule has 0 radical (unpaired) electrons. The summed E-state index contributed by atoms with van der Waals surface area (Å²) in [5.74, 6) is 0. The number of anilines is 1. The summed E-state index contributed by atoms with van der Waals surface area (Å²) in [4.78, 5) is 6.59. The number of hydrogen-bond donors (Lipinski definition) is 1. The van der Waals surface area contributed by atoms with Crippen molar-refractivity contribution in [3.63, 3.8) is 0 Å². The second kappa shape index (κ2) is 4.19. The van der Waals surface area contributed by atoms with Gasteiger partial charge < -0.3 is 10.2 Å². The van der Waals surface area contributed by atoms with Gasteiger partial charge in [-0.15, -0.1) is 0 Å². The Balaban J connectivity index is 2.15. The number of nitrogens with zero attached hydrogens (tertiary/aromatic N) is 2. The molecule has 1 aromatic rings. The van der Waals surface area contributed by atoms with Crippen LogP contribution in [0.15, 0.2) is 24.5 Å². The molecular formula is C12H19N3. The summed E-state index contributed by atoms with van der Waals surface area (Å²) in [6.07, 6.45) is 4.96. The van der Waals surface area contributed by atoms with Crippen LogP contribution in [0, 0.1) is 0 Å². The molecule has 0 saturated carbocycles. The van der Waals surface area contributed by atoms with Crippen molar-refractivity contribution in [2.24, 2.45) is 0 Å². The monoisotopic (exact) mass is 205 g/mol. The minimum absolute atomic E-state index is 0.187. The van der Waals surface area contributed by atoms with Crippen molar-refractivity contribution in [3.8, 4) is 0 Å². The standard InChI is InChI=1S/C12H19N3/c1-12(2)10-15(8-4-7-14-12)11-5-3-6-13-9-11/h3,5-6,9,14H,4,7-8,10H2,1-2H3. The van der Waals surface area contributed by atoms with Gasteiger partial charge in [0, 0.05) is 24.8 Å². The van der Waals surface area contributed by atoms with Crippen molar-refractivity contribution < 1.29 is 0 Å². The number of rotatable bonds is 1. The highest BCUT2D eigenvalue weighted by atomic mass is 15.2. The lowest BCUT2D eigenvalue weighted by atomic mass is 10.1. The van der Waals surface area contributed by atoms with Gasteiger partial charge >= 0.3 is 0 Å². The van der Waals surface area contributed by atoms with E-state index in [-0.39, 0.29) is 5.54 Å². The average Bonchev–Trinajstić information content (AvgIpc) is 2.41. The van der Waals surface area contributed by atoms with E-state index in [1.807, 2.05) is 18.5 Å². The first-order valence-corrected chi connectivity index (χ1v) is 5.57. The maximum Gasteiger partial charge on any atom is 0.0553 e. The van der Waals surface area contributed by atoms with Crippen LogP contribution in [-0.2, 0) is 0 Å². The second-order valence-electron chi connectivity index (χ2n) is 4.80. The van der Waals surface area contributed by atoms with Crippen LogP contribution in [0.4, 0.5) is 5.69 Å². The summed E-state index contributed by atoms with van der Waals surface area (Å²) < 4.78 is 0. The quantitative estimate of drug-likeness (QED) is 0.755. The zero-order valence-electron chi connectivity index (χ0n) is 9.53. The van der Waals surface area contributed by atoms with E-state index >= 15 is 0 Å². The first-order valence-electron chi connectivity index (χ1n) is 5.57. The number of hydrogen-bond acceptors (Lipinski definition) is 3. The predicted octanol–water partition coefficient (Wildman–Crippen LogP) is 1.66. The van der Waals surface area contributed by atoms with Gasteiger partial charge in [-0.1, -0.05) is 0 Å². The van der Waals surface area contributed by atoms with E-state index in [0.29, 0.717) is 0 Å². The lowest BCUT2D eigenvalue weighted by Gasteiger charge is -2.31. The van der Waals surface area contributed by atoms with Crippen LogP contribution in [0.1, 0.15) is 20.3 Å². The summed E-state index contributed by atoms with van der Waals surface area (Å²) in [6, 6.07) is 4.13. The van der Waals surface area contributed by atoms with Crippen molar-refractivity contribution in [1.29, 1.82) is 0 Å². The molecule has 15 heavy (non-hydrogen) atoms. The molecule has 1 fully saturated rings. The van der Waals surface area contributed by atoms with E-state index in [4.69, 9.17) is 0 Å². The van der Waals surface area contributed by atoms with Gasteiger partial charge in [-0.05, 0) is 38.9 Å². The van der Waals surface area contributed by atoms with Gasteiger partial charge in [0.15, 0.2) is 0 Å². The Morgan fingerprint density at radius 1 is 1.47 bits per heavy atom. The van der Waals surface area contributed by atoms with Crippen molar-refractivity contribution >= 4 is 5.69 Å². The molecule has 0 atom stereocenters. The second-order valence-corrected chi connectivity index (χ2v) is 4.80. The first kappa shape index (κ1) is 10.4. The minimum atomic E-state index is 0.187. The summed E-state index contributed by atoms with van der Waals surface area (Å²) in [5.41, 5.74) is 1.42. The lowest BCUT2D eigenvalue weighted by molar-refractivity contribution is 0.416. The molecule has 0 aliphatic carbocycles. The first-order chi connectivity index (χ1) is 7.17. The maximum absolute atomic E-state index is 4.18. The zero-order valence-corrected chi connectivity index (χ0v) is 9.53. The molecule has 0 amide bonds. The molecule has 0 bridgehead atoms. The summed E-state index contributed by atoms with van der Waals surface area (Å²) in [7, 11) is 0. The Kier molecular flexibility index (Phi) is 2.91. The maximum atomic E-state index is 4.18. The molecule has 0 aromatic carbocycles. The van der Waals surface area contributed by atoms with Gasteiger partial charge in [0.25, 0.3) is 0 Å². The Morgan fingerprint density at radius 3 is 3.07 bits per heavy atom. The van der Waals surface area contributed by atoms with Crippen LogP contribution in [-0.4, -0.2) is 30.2 Å². The van der Waals surface area contributed by atoms with Gasteiger partial charge in [-0.25, -0.2) is 0 Å². The fourth-order valence-corrected chi connectivity index (χ4v) is 2.07. The van der Waals surface area contributed by atoms with Gasteiger partial charge in [-0.3, -0.25) is 4.98 Å². The normalized spacial score (nSPS) is 21.1. The molecule has 1 aliphatic heterocycles.